The predicted molar refractivity (Wildman–Crippen MR) is 40.9 cm³/mol. The van der Waals surface area contributed by atoms with Gasteiger partial charge in [0, 0.05) is 7.05 Å². The summed E-state index contributed by atoms with van der Waals surface area (Å²) in [5.41, 5.74) is 5.37. The van der Waals surface area contributed by atoms with Crippen LogP contribution in [0.5, 0.6) is 0 Å². The van der Waals surface area contributed by atoms with Gasteiger partial charge in [0.25, 0.3) is 5.91 Å². The molecule has 0 bridgehead atoms. The van der Waals surface area contributed by atoms with Crippen molar-refractivity contribution in [1.29, 1.82) is 0 Å². The van der Waals surface area contributed by atoms with Crippen molar-refractivity contribution < 1.29 is 9.59 Å². The van der Waals surface area contributed by atoms with Crippen molar-refractivity contribution in [3.63, 3.8) is 0 Å². The minimum Gasteiger partial charge on any atom is -0.322 e. The SMILES string of the molecule is CN1C(=O)N/C(=N\N)C(N)C1=O. The Balaban J connectivity index is 2.92. The van der Waals surface area contributed by atoms with Gasteiger partial charge in [-0.25, -0.2) is 4.79 Å². The monoisotopic (exact) mass is 171 g/mol. The number of hydrogen-bond acceptors (Lipinski definition) is 5. The number of likely N-dealkylation sites (N-methyl/N-ethyl adjacent to an activating group) is 1. The summed E-state index contributed by atoms with van der Waals surface area (Å²) < 4.78 is 0. The van der Waals surface area contributed by atoms with Gasteiger partial charge in [-0.15, -0.1) is 0 Å². The predicted octanol–water partition coefficient (Wildman–Crippen LogP) is -2.23. The molecule has 1 aliphatic heterocycles. The molecule has 0 aliphatic carbocycles. The minimum atomic E-state index is -0.974. The van der Waals surface area contributed by atoms with E-state index in [2.05, 4.69) is 10.4 Å². The number of hydrogen-bond donors (Lipinski definition) is 3. The molecule has 0 spiro atoms. The Bertz CT molecular complexity index is 261. The summed E-state index contributed by atoms with van der Waals surface area (Å²) >= 11 is 0. The fourth-order valence-electron chi connectivity index (χ4n) is 0.809. The van der Waals surface area contributed by atoms with E-state index in [9.17, 15) is 9.59 Å². The summed E-state index contributed by atoms with van der Waals surface area (Å²) in [5, 5.41) is 5.44. The second-order valence-electron chi connectivity index (χ2n) is 2.32. The van der Waals surface area contributed by atoms with Crippen molar-refractivity contribution in [2.75, 3.05) is 7.05 Å². The van der Waals surface area contributed by atoms with Crippen LogP contribution in [-0.2, 0) is 4.79 Å². The van der Waals surface area contributed by atoms with Gasteiger partial charge in [-0.1, -0.05) is 0 Å². The summed E-state index contributed by atoms with van der Waals surface area (Å²) in [6, 6.07) is -1.55. The molecule has 0 saturated carbocycles. The van der Waals surface area contributed by atoms with E-state index < -0.39 is 18.0 Å². The van der Waals surface area contributed by atoms with Gasteiger partial charge < -0.3 is 11.6 Å². The lowest BCUT2D eigenvalue weighted by Gasteiger charge is -2.26. The van der Waals surface area contributed by atoms with Crippen molar-refractivity contribution in [1.82, 2.24) is 10.2 Å². The molecule has 0 aromatic rings. The number of nitrogens with two attached hydrogens (primary N) is 2. The summed E-state index contributed by atoms with van der Waals surface area (Å²) in [7, 11) is 1.32. The van der Waals surface area contributed by atoms with Crippen molar-refractivity contribution >= 4 is 17.8 Å². The van der Waals surface area contributed by atoms with E-state index in [0.717, 1.165) is 4.90 Å². The number of hydrazone groups is 1. The number of carbonyl (C=O) groups is 2. The molecule has 0 aromatic carbocycles. The highest BCUT2D eigenvalue weighted by molar-refractivity contribution is 6.20. The molecule has 7 nitrogen and oxygen atoms in total. The third-order valence-corrected chi connectivity index (χ3v) is 1.57. The molecule has 1 fully saturated rings. The molecule has 1 rings (SSSR count). The highest BCUT2D eigenvalue weighted by Gasteiger charge is 2.33. The van der Waals surface area contributed by atoms with E-state index in [1.54, 1.807) is 0 Å². The highest BCUT2D eigenvalue weighted by atomic mass is 16.2. The minimum absolute atomic E-state index is 0.0110. The Labute approximate surface area is 68.4 Å². The highest BCUT2D eigenvalue weighted by Crippen LogP contribution is 1.98. The lowest BCUT2D eigenvalue weighted by molar-refractivity contribution is -0.127. The van der Waals surface area contributed by atoms with E-state index in [1.807, 2.05) is 0 Å². The summed E-state index contributed by atoms with van der Waals surface area (Å²) in [6.07, 6.45) is 0. The molecule has 1 atom stereocenters. The van der Waals surface area contributed by atoms with Crippen molar-refractivity contribution in [2.24, 2.45) is 16.7 Å². The molecule has 5 N–H and O–H groups in total. The molecule has 3 amide bonds. The second-order valence-corrected chi connectivity index (χ2v) is 2.32. The topological polar surface area (TPSA) is 114 Å². The molecule has 1 heterocycles. The van der Waals surface area contributed by atoms with Gasteiger partial charge in [-0.05, 0) is 0 Å². The number of nitrogens with one attached hydrogen (secondary N) is 1. The van der Waals surface area contributed by atoms with Crippen LogP contribution in [0.2, 0.25) is 0 Å². The van der Waals surface area contributed by atoms with Crippen LogP contribution in [0.4, 0.5) is 4.79 Å². The van der Waals surface area contributed by atoms with Crippen LogP contribution in [0.1, 0.15) is 0 Å². The summed E-state index contributed by atoms with van der Waals surface area (Å²) in [6.45, 7) is 0. The van der Waals surface area contributed by atoms with Gasteiger partial charge in [0.1, 0.15) is 6.04 Å². The second kappa shape index (κ2) is 2.78. The molecule has 66 valence electrons. The average Bonchev–Trinajstić information content (AvgIpc) is 2.08. The van der Waals surface area contributed by atoms with Crippen LogP contribution in [-0.4, -0.2) is 35.8 Å². The van der Waals surface area contributed by atoms with Gasteiger partial charge in [-0.3, -0.25) is 15.0 Å². The molecule has 0 aromatic heterocycles. The summed E-state index contributed by atoms with van der Waals surface area (Å²) in [4.78, 5) is 22.9. The van der Waals surface area contributed by atoms with E-state index in [1.165, 1.54) is 7.05 Å². The Morgan fingerprint density at radius 1 is 1.58 bits per heavy atom. The number of amidine groups is 1. The van der Waals surface area contributed by atoms with Gasteiger partial charge in [0.2, 0.25) is 0 Å². The number of carbonyl (C=O) groups excluding carboxylic acids is 2. The molecule has 1 saturated heterocycles. The molecule has 1 unspecified atom stereocenters. The van der Waals surface area contributed by atoms with Gasteiger partial charge in [-0.2, -0.15) is 5.10 Å². The lowest BCUT2D eigenvalue weighted by atomic mass is 10.2. The maximum Gasteiger partial charge on any atom is 0.329 e. The van der Waals surface area contributed by atoms with Gasteiger partial charge in [0.15, 0.2) is 5.84 Å². The third-order valence-electron chi connectivity index (χ3n) is 1.57. The molecule has 12 heavy (non-hydrogen) atoms. The van der Waals surface area contributed by atoms with Gasteiger partial charge in [0.05, 0.1) is 0 Å². The zero-order valence-electron chi connectivity index (χ0n) is 6.44. The summed E-state index contributed by atoms with van der Waals surface area (Å²) in [5.74, 6) is 4.35. The van der Waals surface area contributed by atoms with E-state index >= 15 is 0 Å². The zero-order chi connectivity index (χ0) is 9.30. The first kappa shape index (κ1) is 8.47. The van der Waals surface area contributed by atoms with E-state index in [4.69, 9.17) is 11.6 Å². The van der Waals surface area contributed by atoms with Crippen molar-refractivity contribution in [2.45, 2.75) is 6.04 Å². The molecular weight excluding hydrogens is 162 g/mol. The molecule has 0 radical (unpaired) electrons. The Morgan fingerprint density at radius 2 is 2.17 bits per heavy atom. The van der Waals surface area contributed by atoms with Gasteiger partial charge >= 0.3 is 6.03 Å². The van der Waals surface area contributed by atoms with Crippen LogP contribution >= 0.6 is 0 Å². The lowest BCUT2D eigenvalue weighted by Crippen LogP contribution is -2.62. The first-order valence-corrected chi connectivity index (χ1v) is 3.20. The van der Waals surface area contributed by atoms with Crippen LogP contribution in [0.25, 0.3) is 0 Å². The van der Waals surface area contributed by atoms with Crippen molar-refractivity contribution in [3.05, 3.63) is 0 Å². The average molecular weight is 171 g/mol. The number of urea groups is 1. The third kappa shape index (κ3) is 1.10. The quantitative estimate of drug-likeness (QED) is 0.282. The largest absolute Gasteiger partial charge is 0.329 e. The molecule has 1 aliphatic rings. The fraction of sp³-hybridized carbons (Fsp3) is 0.400. The normalized spacial score (nSPS) is 27.7. The Kier molecular flexibility index (Phi) is 1.96. The Morgan fingerprint density at radius 3 is 2.67 bits per heavy atom. The molecular formula is C5H9N5O2. The maximum atomic E-state index is 11.1. The first-order chi connectivity index (χ1) is 5.57. The first-order valence-electron chi connectivity index (χ1n) is 3.20. The number of imide groups is 1. The molecule has 7 heteroatoms. The van der Waals surface area contributed by atoms with Crippen LogP contribution < -0.4 is 16.9 Å². The van der Waals surface area contributed by atoms with Crippen LogP contribution in [0.3, 0.4) is 0 Å². The standard InChI is InChI=1S/C5H9N5O2/c1-10-4(11)2(6)3(9-7)8-5(10)12/h2H,6-7H2,1H3,(H,8,9,12). The fourth-order valence-corrected chi connectivity index (χ4v) is 0.809. The number of rotatable bonds is 0. The van der Waals surface area contributed by atoms with Crippen LogP contribution in [0, 0.1) is 0 Å². The van der Waals surface area contributed by atoms with Crippen LogP contribution in [0.15, 0.2) is 5.10 Å². The van der Waals surface area contributed by atoms with Crippen molar-refractivity contribution in [3.8, 4) is 0 Å². The number of amides is 3. The number of nitrogens with zero attached hydrogens (tertiary/aromatic N) is 2. The zero-order valence-corrected chi connectivity index (χ0v) is 6.44. The maximum absolute atomic E-state index is 11.1. The smallest absolute Gasteiger partial charge is 0.322 e. The Hall–Kier alpha value is -1.63. The van der Waals surface area contributed by atoms with E-state index in [-0.39, 0.29) is 5.84 Å². The van der Waals surface area contributed by atoms with E-state index in [0.29, 0.717) is 0 Å².